The first-order chi connectivity index (χ1) is 18.0. The van der Waals surface area contributed by atoms with Gasteiger partial charge in [-0.1, -0.05) is 32.3 Å². The van der Waals surface area contributed by atoms with Crippen molar-refractivity contribution >= 4 is 34.5 Å². The van der Waals surface area contributed by atoms with E-state index < -0.39 is 0 Å². The fourth-order valence-electron chi connectivity index (χ4n) is 5.12. The molecule has 0 spiro atoms. The van der Waals surface area contributed by atoms with Crippen LogP contribution in [0, 0.1) is 18.8 Å². The van der Waals surface area contributed by atoms with E-state index in [1.165, 1.54) is 6.42 Å². The Morgan fingerprint density at radius 3 is 2.73 bits per heavy atom. The van der Waals surface area contributed by atoms with Gasteiger partial charge in [-0.05, 0) is 74.8 Å². The average molecular weight is 519 g/mol. The molecule has 0 radical (unpaired) electrons. The van der Waals surface area contributed by atoms with Crippen molar-refractivity contribution in [2.75, 3.05) is 5.32 Å². The maximum absolute atomic E-state index is 12.6. The Morgan fingerprint density at radius 1 is 1.11 bits per heavy atom. The SMILES string of the molecule is CCCC(CCCC(=O)C1CCC(=O)CC1)CCc1ncc(-c2cccc(Nc3cc(C)ccn3)n2)s1. The first-order valence-electron chi connectivity index (χ1n) is 13.7. The van der Waals surface area contributed by atoms with Crippen molar-refractivity contribution in [2.45, 2.75) is 84.5 Å². The molecule has 3 aromatic rings. The lowest BCUT2D eigenvalue weighted by molar-refractivity contribution is -0.127. The highest BCUT2D eigenvalue weighted by Gasteiger charge is 2.24. The summed E-state index contributed by atoms with van der Waals surface area (Å²) < 4.78 is 0. The van der Waals surface area contributed by atoms with Crippen LogP contribution in [0.15, 0.2) is 42.7 Å². The molecule has 3 aromatic heterocycles. The van der Waals surface area contributed by atoms with Crippen LogP contribution < -0.4 is 5.32 Å². The van der Waals surface area contributed by atoms with Crippen molar-refractivity contribution in [3.63, 3.8) is 0 Å². The van der Waals surface area contributed by atoms with Gasteiger partial charge in [0.25, 0.3) is 0 Å². The predicted octanol–water partition coefficient (Wildman–Crippen LogP) is 7.50. The maximum Gasteiger partial charge on any atom is 0.136 e. The van der Waals surface area contributed by atoms with E-state index in [0.29, 0.717) is 36.7 Å². The van der Waals surface area contributed by atoms with Gasteiger partial charge in [0, 0.05) is 37.6 Å². The highest BCUT2D eigenvalue weighted by Crippen LogP contribution is 2.29. The minimum Gasteiger partial charge on any atom is -0.325 e. The maximum atomic E-state index is 12.6. The average Bonchev–Trinajstić information content (AvgIpc) is 3.37. The fourth-order valence-corrected chi connectivity index (χ4v) is 6.02. The molecule has 3 heterocycles. The molecule has 1 unspecified atom stereocenters. The number of ketones is 2. The van der Waals surface area contributed by atoms with Crippen molar-refractivity contribution in [3.8, 4) is 10.6 Å². The van der Waals surface area contributed by atoms with E-state index in [2.05, 4.69) is 22.2 Å². The molecule has 6 nitrogen and oxygen atoms in total. The molecule has 1 N–H and O–H groups in total. The number of nitrogens with zero attached hydrogens (tertiary/aromatic N) is 3. The van der Waals surface area contributed by atoms with Crippen LogP contribution in [0.3, 0.4) is 0 Å². The Morgan fingerprint density at radius 2 is 1.95 bits per heavy atom. The molecule has 0 aromatic carbocycles. The molecule has 0 bridgehead atoms. The Balaban J connectivity index is 1.27. The number of anilines is 2. The molecule has 196 valence electrons. The van der Waals surface area contributed by atoms with Gasteiger partial charge in [0.2, 0.25) is 0 Å². The van der Waals surface area contributed by atoms with Crippen LogP contribution in [0.2, 0.25) is 0 Å². The van der Waals surface area contributed by atoms with E-state index in [-0.39, 0.29) is 5.92 Å². The van der Waals surface area contributed by atoms with Gasteiger partial charge < -0.3 is 5.32 Å². The van der Waals surface area contributed by atoms with Crippen LogP contribution in [-0.4, -0.2) is 26.5 Å². The summed E-state index contributed by atoms with van der Waals surface area (Å²) in [6.45, 7) is 4.28. The summed E-state index contributed by atoms with van der Waals surface area (Å²) in [6.07, 6.45) is 13.5. The third-order valence-corrected chi connectivity index (χ3v) is 8.30. The van der Waals surface area contributed by atoms with E-state index in [9.17, 15) is 9.59 Å². The van der Waals surface area contributed by atoms with Gasteiger partial charge in [0.1, 0.15) is 23.2 Å². The molecule has 1 atom stereocenters. The third-order valence-electron chi connectivity index (χ3n) is 7.22. The second-order valence-corrected chi connectivity index (χ2v) is 11.3. The van der Waals surface area contributed by atoms with Crippen molar-refractivity contribution < 1.29 is 9.59 Å². The van der Waals surface area contributed by atoms with Gasteiger partial charge in [0.15, 0.2) is 0 Å². The first kappa shape index (κ1) is 27.1. The summed E-state index contributed by atoms with van der Waals surface area (Å²) in [4.78, 5) is 38.9. The van der Waals surface area contributed by atoms with Crippen LogP contribution in [-0.2, 0) is 16.0 Å². The smallest absolute Gasteiger partial charge is 0.136 e. The third kappa shape index (κ3) is 8.29. The van der Waals surface area contributed by atoms with Gasteiger partial charge in [-0.2, -0.15) is 0 Å². The van der Waals surface area contributed by atoms with Crippen LogP contribution in [0.4, 0.5) is 11.6 Å². The summed E-state index contributed by atoms with van der Waals surface area (Å²) in [5.41, 5.74) is 2.06. The fraction of sp³-hybridized carbons (Fsp3) is 0.500. The molecule has 37 heavy (non-hydrogen) atoms. The van der Waals surface area contributed by atoms with Gasteiger partial charge in [-0.25, -0.2) is 15.0 Å². The Bertz CT molecular complexity index is 1180. The second kappa shape index (κ2) is 13.6. The normalized spacial score (nSPS) is 15.0. The summed E-state index contributed by atoms with van der Waals surface area (Å²) >= 11 is 1.71. The lowest BCUT2D eigenvalue weighted by atomic mass is 9.83. The molecule has 1 fully saturated rings. The Hall–Kier alpha value is -2.93. The van der Waals surface area contributed by atoms with Crippen LogP contribution in [0.25, 0.3) is 10.6 Å². The number of Topliss-reactive ketones (excluding diaryl/α,β-unsaturated/α-hetero) is 2. The second-order valence-electron chi connectivity index (χ2n) is 10.2. The molecule has 1 saturated carbocycles. The van der Waals surface area contributed by atoms with Gasteiger partial charge in [0.05, 0.1) is 15.6 Å². The predicted molar refractivity (Wildman–Crippen MR) is 150 cm³/mol. The largest absolute Gasteiger partial charge is 0.325 e. The van der Waals surface area contributed by atoms with Crippen molar-refractivity contribution in [3.05, 3.63) is 53.3 Å². The van der Waals surface area contributed by atoms with Crippen molar-refractivity contribution in [2.24, 2.45) is 11.8 Å². The quantitative estimate of drug-likeness (QED) is 0.252. The van der Waals surface area contributed by atoms with E-state index in [4.69, 9.17) is 4.98 Å². The molecule has 1 aliphatic carbocycles. The first-order valence-corrected chi connectivity index (χ1v) is 14.5. The molecule has 7 heteroatoms. The lowest BCUT2D eigenvalue weighted by Gasteiger charge is -2.20. The van der Waals surface area contributed by atoms with E-state index in [1.807, 2.05) is 43.5 Å². The monoisotopic (exact) mass is 518 g/mol. The molecule has 0 saturated heterocycles. The minimum atomic E-state index is 0.117. The van der Waals surface area contributed by atoms with Crippen molar-refractivity contribution in [1.82, 2.24) is 15.0 Å². The summed E-state index contributed by atoms with van der Waals surface area (Å²) in [7, 11) is 0. The molecular weight excluding hydrogens is 480 g/mol. The summed E-state index contributed by atoms with van der Waals surface area (Å²) in [6, 6.07) is 9.94. The number of carbonyl (C=O) groups is 2. The van der Waals surface area contributed by atoms with Gasteiger partial charge in [-0.15, -0.1) is 11.3 Å². The number of aryl methyl sites for hydroxylation is 2. The highest BCUT2D eigenvalue weighted by atomic mass is 32.1. The number of aromatic nitrogens is 3. The number of carbonyl (C=O) groups excluding carboxylic acids is 2. The number of hydrogen-bond donors (Lipinski definition) is 1. The highest BCUT2D eigenvalue weighted by molar-refractivity contribution is 7.15. The standard InChI is InChI=1S/C30H38N4O2S/c1-3-6-22(7-4-9-26(36)23-12-14-24(35)15-13-23)11-16-30-32-20-27(37-30)25-8-5-10-28(33-25)34-29-19-21(2)17-18-31-29/h5,8,10,17-20,22-23H,3-4,6-7,9,11-16H2,1-2H3,(H,31,33,34). The van der Waals surface area contributed by atoms with E-state index >= 15 is 0 Å². The number of thiazole rings is 1. The number of nitrogens with one attached hydrogen (secondary N) is 1. The van der Waals surface area contributed by atoms with Crippen molar-refractivity contribution in [1.29, 1.82) is 0 Å². The topological polar surface area (TPSA) is 84.8 Å². The molecule has 1 aliphatic rings. The summed E-state index contributed by atoms with van der Waals surface area (Å²) in [5.74, 6) is 2.97. The van der Waals surface area contributed by atoms with Crippen LogP contribution >= 0.6 is 11.3 Å². The Kier molecular flexibility index (Phi) is 9.94. The van der Waals surface area contributed by atoms with Gasteiger partial charge in [-0.3, -0.25) is 9.59 Å². The zero-order valence-corrected chi connectivity index (χ0v) is 22.9. The van der Waals surface area contributed by atoms with Crippen LogP contribution in [0.1, 0.15) is 81.7 Å². The van der Waals surface area contributed by atoms with Crippen LogP contribution in [0.5, 0.6) is 0 Å². The molecular formula is C30H38N4O2S. The molecule has 0 amide bonds. The number of rotatable bonds is 13. The lowest BCUT2D eigenvalue weighted by Crippen LogP contribution is -2.21. The minimum absolute atomic E-state index is 0.117. The molecule has 4 rings (SSSR count). The summed E-state index contributed by atoms with van der Waals surface area (Å²) in [5, 5.41) is 4.43. The zero-order valence-electron chi connectivity index (χ0n) is 22.0. The van der Waals surface area contributed by atoms with Gasteiger partial charge >= 0.3 is 0 Å². The number of pyridine rings is 2. The molecule has 0 aliphatic heterocycles. The number of hydrogen-bond acceptors (Lipinski definition) is 7. The Labute approximate surface area is 224 Å². The van der Waals surface area contributed by atoms with E-state index in [1.54, 1.807) is 17.5 Å². The van der Waals surface area contributed by atoms with E-state index in [0.717, 1.165) is 77.7 Å². The zero-order chi connectivity index (χ0) is 26.0.